The third-order valence-electron chi connectivity index (χ3n) is 5.37. The van der Waals surface area contributed by atoms with Crippen molar-refractivity contribution >= 4 is 11.6 Å². The Bertz CT molecular complexity index is 1050. The Labute approximate surface area is 159 Å². The maximum atomic E-state index is 12.0. The number of nitrogens with two attached hydrogens (primary N) is 1. The quantitative estimate of drug-likeness (QED) is 0.775. The van der Waals surface area contributed by atoms with Gasteiger partial charge < -0.3 is 10.6 Å². The fourth-order valence-electron chi connectivity index (χ4n) is 3.57. The zero-order chi connectivity index (χ0) is 19.1. The van der Waals surface area contributed by atoms with E-state index in [1.165, 1.54) is 26.9 Å². The summed E-state index contributed by atoms with van der Waals surface area (Å²) in [7, 11) is 5.74. The van der Waals surface area contributed by atoms with Crippen LogP contribution in [0.4, 0.5) is 11.6 Å². The molecule has 27 heavy (non-hydrogen) atoms. The van der Waals surface area contributed by atoms with Crippen molar-refractivity contribution in [3.63, 3.8) is 0 Å². The highest BCUT2D eigenvalue weighted by Crippen LogP contribution is 2.54. The summed E-state index contributed by atoms with van der Waals surface area (Å²) in [5.74, 6) is 0.933. The van der Waals surface area contributed by atoms with Gasteiger partial charge >= 0.3 is 0 Å². The number of hydrogen-bond donors (Lipinski definition) is 1. The van der Waals surface area contributed by atoms with Gasteiger partial charge in [-0.15, -0.1) is 0 Å². The zero-order valence-electron chi connectivity index (χ0n) is 15.9. The molecule has 1 aliphatic carbocycles. The van der Waals surface area contributed by atoms with Crippen molar-refractivity contribution in [3.8, 4) is 11.1 Å². The van der Waals surface area contributed by atoms with Crippen molar-refractivity contribution in [2.45, 2.75) is 18.3 Å². The van der Waals surface area contributed by atoms with Gasteiger partial charge in [0.1, 0.15) is 0 Å². The molecule has 2 atom stereocenters. The molecule has 0 aliphatic heterocycles. The largest absolute Gasteiger partial charge is 0.378 e. The first-order valence-corrected chi connectivity index (χ1v) is 9.15. The molecule has 4 rings (SSSR count). The molecule has 0 unspecified atom stereocenters. The Balaban J connectivity index is 1.61. The molecule has 0 bridgehead atoms. The molecular weight excluding hydrogens is 336 g/mol. The van der Waals surface area contributed by atoms with Crippen LogP contribution in [0.25, 0.3) is 11.1 Å². The van der Waals surface area contributed by atoms with E-state index < -0.39 is 0 Å². The molecule has 0 amide bonds. The van der Waals surface area contributed by atoms with Gasteiger partial charge in [0.05, 0.1) is 5.69 Å². The van der Waals surface area contributed by atoms with Crippen molar-refractivity contribution in [1.29, 1.82) is 0 Å². The van der Waals surface area contributed by atoms with Crippen molar-refractivity contribution < 1.29 is 0 Å². The molecule has 1 aromatic heterocycles. The van der Waals surface area contributed by atoms with Gasteiger partial charge in [0.25, 0.3) is 5.56 Å². The van der Waals surface area contributed by atoms with E-state index in [9.17, 15) is 4.79 Å². The van der Waals surface area contributed by atoms with Crippen LogP contribution in [-0.2, 0) is 7.05 Å². The van der Waals surface area contributed by atoms with Gasteiger partial charge in [-0.1, -0.05) is 36.4 Å². The predicted molar refractivity (Wildman–Crippen MR) is 110 cm³/mol. The summed E-state index contributed by atoms with van der Waals surface area (Å²) in [6.07, 6.45) is 1.00. The summed E-state index contributed by atoms with van der Waals surface area (Å²) in [5, 5.41) is 0. The van der Waals surface area contributed by atoms with Crippen LogP contribution >= 0.6 is 0 Å². The van der Waals surface area contributed by atoms with Crippen LogP contribution in [0.15, 0.2) is 59.4 Å². The SMILES string of the molecule is CN(C)c1cccc(-c2cccc([C@@H]3C[C@@H]3c3cc(=O)n(C)c(N)n3)c2)c1. The molecule has 1 heterocycles. The van der Waals surface area contributed by atoms with E-state index in [-0.39, 0.29) is 17.4 Å². The minimum absolute atomic E-state index is 0.0996. The fraction of sp³-hybridized carbons (Fsp3) is 0.273. The Morgan fingerprint density at radius 3 is 2.44 bits per heavy atom. The van der Waals surface area contributed by atoms with Crippen molar-refractivity contribution in [3.05, 3.63) is 76.2 Å². The summed E-state index contributed by atoms with van der Waals surface area (Å²) in [4.78, 5) is 18.5. The maximum Gasteiger partial charge on any atom is 0.254 e. The van der Waals surface area contributed by atoms with Gasteiger partial charge in [0.15, 0.2) is 0 Å². The van der Waals surface area contributed by atoms with Gasteiger partial charge in [-0.05, 0) is 41.2 Å². The first-order valence-electron chi connectivity index (χ1n) is 9.15. The summed E-state index contributed by atoms with van der Waals surface area (Å²) in [6.45, 7) is 0. The van der Waals surface area contributed by atoms with E-state index in [1.54, 1.807) is 13.1 Å². The molecule has 5 nitrogen and oxygen atoms in total. The van der Waals surface area contributed by atoms with Gasteiger partial charge in [0.2, 0.25) is 5.95 Å². The lowest BCUT2D eigenvalue weighted by Crippen LogP contribution is -2.21. The van der Waals surface area contributed by atoms with Gasteiger partial charge in [-0.3, -0.25) is 9.36 Å². The normalized spacial score (nSPS) is 18.3. The van der Waals surface area contributed by atoms with Gasteiger partial charge in [-0.25, -0.2) is 4.98 Å². The highest BCUT2D eigenvalue weighted by Gasteiger charge is 2.41. The number of benzene rings is 2. The second kappa shape index (κ2) is 6.58. The summed E-state index contributed by atoms with van der Waals surface area (Å²) < 4.78 is 1.37. The number of hydrogen-bond acceptors (Lipinski definition) is 4. The average molecular weight is 360 g/mol. The van der Waals surface area contributed by atoms with E-state index >= 15 is 0 Å². The summed E-state index contributed by atoms with van der Waals surface area (Å²) in [6, 6.07) is 18.8. The van der Waals surface area contributed by atoms with Crippen LogP contribution in [0.5, 0.6) is 0 Å². The van der Waals surface area contributed by atoms with Gasteiger partial charge in [-0.2, -0.15) is 0 Å². The lowest BCUT2D eigenvalue weighted by Gasteiger charge is -2.14. The van der Waals surface area contributed by atoms with Crippen molar-refractivity contribution in [2.75, 3.05) is 24.7 Å². The van der Waals surface area contributed by atoms with Crippen molar-refractivity contribution in [1.82, 2.24) is 9.55 Å². The standard InChI is InChI=1S/C22H24N4O/c1-25(2)17-9-5-7-15(11-17)14-6-4-8-16(10-14)18-12-19(18)20-13-21(27)26(3)22(23)24-20/h4-11,13,18-19H,12H2,1-3H3,(H2,23,24)/t18-,19-/m0/s1. The second-order valence-electron chi connectivity index (χ2n) is 7.46. The molecule has 2 aromatic carbocycles. The highest BCUT2D eigenvalue weighted by atomic mass is 16.1. The third kappa shape index (κ3) is 3.33. The van der Waals surface area contributed by atoms with Crippen LogP contribution in [0.3, 0.4) is 0 Å². The predicted octanol–water partition coefficient (Wildman–Crippen LogP) is 3.37. The number of rotatable bonds is 4. The number of anilines is 2. The molecule has 0 radical (unpaired) electrons. The van der Waals surface area contributed by atoms with Crippen LogP contribution in [-0.4, -0.2) is 23.6 Å². The fourth-order valence-corrected chi connectivity index (χ4v) is 3.57. The van der Waals surface area contributed by atoms with E-state index in [1.807, 2.05) is 14.1 Å². The molecule has 138 valence electrons. The molecule has 1 saturated carbocycles. The van der Waals surface area contributed by atoms with Crippen LogP contribution in [0.2, 0.25) is 0 Å². The van der Waals surface area contributed by atoms with E-state index in [0.29, 0.717) is 5.92 Å². The lowest BCUT2D eigenvalue weighted by atomic mass is 9.99. The maximum absolute atomic E-state index is 12.0. The molecule has 1 aliphatic rings. The highest BCUT2D eigenvalue weighted by molar-refractivity contribution is 5.69. The minimum atomic E-state index is -0.0996. The lowest BCUT2D eigenvalue weighted by molar-refractivity contribution is 0.813. The Hall–Kier alpha value is -3.08. The Morgan fingerprint density at radius 1 is 1.04 bits per heavy atom. The minimum Gasteiger partial charge on any atom is -0.378 e. The molecule has 5 heteroatoms. The first-order chi connectivity index (χ1) is 12.9. The molecular formula is C22H24N4O. The van der Waals surface area contributed by atoms with E-state index in [4.69, 9.17) is 5.73 Å². The van der Waals surface area contributed by atoms with E-state index in [0.717, 1.165) is 12.1 Å². The molecule has 0 spiro atoms. The Morgan fingerprint density at radius 2 is 1.74 bits per heavy atom. The van der Waals surface area contributed by atoms with Crippen LogP contribution in [0.1, 0.15) is 29.5 Å². The Kier molecular flexibility index (Phi) is 4.22. The topological polar surface area (TPSA) is 64.2 Å². The van der Waals surface area contributed by atoms with E-state index in [2.05, 4.69) is 58.4 Å². The first kappa shape index (κ1) is 17.3. The number of nitrogens with zero attached hydrogens (tertiary/aromatic N) is 3. The molecule has 2 N–H and O–H groups in total. The van der Waals surface area contributed by atoms with Crippen molar-refractivity contribution in [2.24, 2.45) is 7.05 Å². The molecule has 3 aromatic rings. The average Bonchev–Trinajstić information content (AvgIpc) is 3.47. The van der Waals surface area contributed by atoms with Gasteiger partial charge in [0, 0.05) is 38.8 Å². The monoisotopic (exact) mass is 360 g/mol. The zero-order valence-corrected chi connectivity index (χ0v) is 15.9. The number of aromatic nitrogens is 2. The second-order valence-corrected chi connectivity index (χ2v) is 7.46. The van der Waals surface area contributed by atoms with Crippen LogP contribution < -0.4 is 16.2 Å². The summed E-state index contributed by atoms with van der Waals surface area (Å²) in [5.41, 5.74) is 11.4. The molecule has 0 saturated heterocycles. The summed E-state index contributed by atoms with van der Waals surface area (Å²) >= 11 is 0. The van der Waals surface area contributed by atoms with Crippen LogP contribution in [0, 0.1) is 0 Å². The molecule has 1 fully saturated rings. The number of nitrogen functional groups attached to an aromatic ring is 1. The smallest absolute Gasteiger partial charge is 0.254 e. The third-order valence-corrected chi connectivity index (χ3v) is 5.37.